The van der Waals surface area contributed by atoms with Gasteiger partial charge in [-0.25, -0.2) is 50.8 Å². The van der Waals surface area contributed by atoms with Gasteiger partial charge in [-0.3, -0.25) is 14.2 Å². The zero-order valence-corrected chi connectivity index (χ0v) is 46.5. The van der Waals surface area contributed by atoms with Gasteiger partial charge in [-0.1, -0.05) is 23.2 Å². The summed E-state index contributed by atoms with van der Waals surface area (Å²) in [5, 5.41) is 30.3. The largest absolute Gasteiger partial charge is 0.478 e. The van der Waals surface area contributed by atoms with Gasteiger partial charge in [-0.2, -0.15) is 10.2 Å². The molecule has 0 unspecified atom stereocenters. The molecule has 21 nitrogen and oxygen atoms in total. The van der Waals surface area contributed by atoms with Crippen molar-refractivity contribution in [3.8, 4) is 23.4 Å². The molecule has 0 saturated heterocycles. The number of nitrogens with one attached hydrogen (secondary N) is 1. The maximum atomic E-state index is 12.6. The van der Waals surface area contributed by atoms with E-state index in [1.807, 2.05) is 4.72 Å². The van der Waals surface area contributed by atoms with Gasteiger partial charge in [0, 0.05) is 90.5 Å². The van der Waals surface area contributed by atoms with Crippen LogP contribution in [0.5, 0.6) is 11.8 Å². The molecule has 1 amide bonds. The summed E-state index contributed by atoms with van der Waals surface area (Å²) in [4.78, 5) is 31.9. The molecule has 4 fully saturated rings. The van der Waals surface area contributed by atoms with Gasteiger partial charge in [0.25, 0.3) is 15.9 Å². The summed E-state index contributed by atoms with van der Waals surface area (Å²) in [6.45, 7) is 4.53. The topological polar surface area (TPSA) is 276 Å². The summed E-state index contributed by atoms with van der Waals surface area (Å²) in [6, 6.07) is 9.49. The van der Waals surface area contributed by atoms with E-state index in [4.69, 9.17) is 44.3 Å². The fourth-order valence-corrected chi connectivity index (χ4v) is 12.5. The molecule has 0 aromatic carbocycles. The van der Waals surface area contributed by atoms with Gasteiger partial charge in [0.2, 0.25) is 21.8 Å². The van der Waals surface area contributed by atoms with Crippen LogP contribution in [0.2, 0.25) is 10.3 Å². The van der Waals surface area contributed by atoms with Crippen LogP contribution in [0, 0.1) is 80.5 Å². The van der Waals surface area contributed by atoms with Gasteiger partial charge < -0.3 is 14.6 Å². The number of carbonyl (C=O) groups is 2. The SMILES string of the molecule is Cc1nn(C)cc1S(=O)(=O)NC(=O)c1ccc(-n2ccc(OCC3C4CCC3CC4)n2)nc1Cl.Cc1nn(C)cc1S(N)(=O)=O.O=C(O)c1ccc(-n2ccc(OCC3C4CCC3CC4)n2)nc1Cl.[2H][B].[U]. The third-order valence-corrected chi connectivity index (χ3v) is 16.4. The van der Waals surface area contributed by atoms with E-state index in [-0.39, 0.29) is 68.0 Å². The number of aromatic nitrogens is 10. The van der Waals surface area contributed by atoms with E-state index in [1.54, 1.807) is 58.5 Å². The van der Waals surface area contributed by atoms with Crippen molar-refractivity contribution in [2.45, 2.75) is 75.0 Å². The van der Waals surface area contributed by atoms with Gasteiger partial charge in [0.1, 0.15) is 20.1 Å². The summed E-state index contributed by atoms with van der Waals surface area (Å²) < 4.78 is 71.6. The second-order valence-electron chi connectivity index (χ2n) is 17.8. The van der Waals surface area contributed by atoms with Crippen LogP contribution in [0.25, 0.3) is 11.6 Å². The van der Waals surface area contributed by atoms with Crippen molar-refractivity contribution in [2.75, 3.05) is 13.2 Å². The predicted octanol–water partition coefficient (Wildman–Crippen LogP) is 5.06. The van der Waals surface area contributed by atoms with Gasteiger partial charge >= 0.3 is 5.97 Å². The number of fused-ring (bicyclic) bond motifs is 4. The minimum Gasteiger partial charge on any atom is -0.478 e. The summed E-state index contributed by atoms with van der Waals surface area (Å²) in [5.41, 5.74) is 0.603. The molecule has 4 aliphatic rings. The molecule has 0 atom stereocenters. The molecule has 10 rings (SSSR count). The van der Waals surface area contributed by atoms with Crippen LogP contribution in [0.1, 0.15) is 83.5 Å². The van der Waals surface area contributed by atoms with E-state index < -0.39 is 31.9 Å². The van der Waals surface area contributed by atoms with E-state index in [0.717, 1.165) is 30.3 Å². The van der Waals surface area contributed by atoms with E-state index in [0.29, 0.717) is 47.5 Å². The smallest absolute Gasteiger partial charge is 0.338 e. The Morgan fingerprint density at radius 3 is 1.44 bits per heavy atom. The molecule has 71 heavy (non-hydrogen) atoms. The van der Waals surface area contributed by atoms with Crippen molar-refractivity contribution in [3.63, 3.8) is 0 Å². The quantitative estimate of drug-likeness (QED) is 0.101. The Hall–Kier alpha value is -4.76. The third kappa shape index (κ3) is 12.9. The molecule has 376 valence electrons. The van der Waals surface area contributed by atoms with E-state index in [2.05, 4.69) is 38.7 Å². The number of rotatable bonds is 13. The van der Waals surface area contributed by atoms with Crippen molar-refractivity contribution in [2.24, 2.45) is 54.7 Å². The Labute approximate surface area is 448 Å². The van der Waals surface area contributed by atoms with Crippen molar-refractivity contribution in [1.82, 2.24) is 53.8 Å². The second kappa shape index (κ2) is 23.0. The van der Waals surface area contributed by atoms with E-state index in [9.17, 15) is 26.4 Å². The summed E-state index contributed by atoms with van der Waals surface area (Å²) in [6.07, 6.45) is 16.7. The molecule has 0 spiro atoms. The Morgan fingerprint density at radius 2 is 1.10 bits per heavy atom. The van der Waals surface area contributed by atoms with Crippen LogP contribution in [0.3, 0.4) is 0 Å². The number of sulfonamides is 2. The molecular formula is C44H53BCl2N12O9S2U. The molecular weight excluding hydrogens is 1220 g/mol. The molecule has 6 aromatic heterocycles. The molecule has 4 bridgehead atoms. The first-order chi connectivity index (χ1) is 33.7. The zero-order chi connectivity index (χ0) is 51.4. The molecule has 0 aliphatic heterocycles. The number of amides is 1. The molecule has 6 aromatic rings. The Kier molecular flexibility index (Phi) is 17.5. The Bertz CT molecular complexity index is 3080. The molecule has 2 radical (unpaired) electrons. The number of nitrogens with zero attached hydrogens (tertiary/aromatic N) is 10. The number of ether oxygens (including phenoxy) is 2. The van der Waals surface area contributed by atoms with Gasteiger partial charge in [-0.05, 0) is 126 Å². The van der Waals surface area contributed by atoms with Crippen LogP contribution in [-0.2, 0) is 34.1 Å². The van der Waals surface area contributed by atoms with Crippen molar-refractivity contribution in [3.05, 3.63) is 94.0 Å². The Balaban J connectivity index is 0.000000193. The maximum absolute atomic E-state index is 12.6. The minimum absolute atomic E-state index is 0. The van der Waals surface area contributed by atoms with Crippen LogP contribution < -0.4 is 19.3 Å². The van der Waals surface area contributed by atoms with Crippen molar-refractivity contribution in [1.29, 1.82) is 1.34 Å². The number of pyridine rings is 2. The third-order valence-electron chi connectivity index (χ3n) is 13.4. The number of aromatic carboxylic acids is 1. The monoisotopic (exact) mass is 1280 g/mol. The standard InChI is InChI=1S/C22H25ClN6O4S.C17H18ClN3O3.C5H9N3O2S.BH.U/c1-13-18(11-28(2)25-13)34(31,32)27-22(30)16-7-8-19(24-21(16)23)29-10-9-20(26-29)33-12-17-14-3-4-15(17)6-5-14;18-16-12(17(22)23)5-6-14(19-16)21-8-7-15(20-21)24-9-13-10-1-2-11(13)4-3-10;1-4-5(11(6,9)10)3-8(2)7-4;;/h7-11,14-15,17H,3-6,12H2,1-2H3,(H,27,30);5-8,10-11,13H,1-4,9H2,(H,22,23);3H,1-2H3,(H2,6,9,10);1H;/i;;;1D;. The molecule has 27 heteroatoms. The normalized spacial score (nSPS) is 20.8. The number of aryl methyl sites for hydroxylation is 4. The average molecular weight is 1280 g/mol. The maximum Gasteiger partial charge on any atom is 0.338 e. The minimum atomic E-state index is -4.11. The van der Waals surface area contributed by atoms with Crippen LogP contribution in [-0.4, -0.2) is 106 Å². The van der Waals surface area contributed by atoms with Crippen LogP contribution in [0.15, 0.2) is 71.0 Å². The Morgan fingerprint density at radius 1 is 0.704 bits per heavy atom. The average Bonchev–Trinajstić information content (AvgIpc) is 4.21. The molecule has 6 heterocycles. The summed E-state index contributed by atoms with van der Waals surface area (Å²) in [5.74, 6) is 4.38. The first-order valence-corrected chi connectivity index (χ1v) is 26.1. The number of nitrogens with two attached hydrogens (primary N) is 1. The van der Waals surface area contributed by atoms with Crippen LogP contribution in [0.4, 0.5) is 0 Å². The van der Waals surface area contributed by atoms with Gasteiger partial charge in [0.05, 0.1) is 35.7 Å². The first-order valence-electron chi connectivity index (χ1n) is 22.9. The predicted molar refractivity (Wildman–Crippen MR) is 258 cm³/mol. The van der Waals surface area contributed by atoms with E-state index >= 15 is 0 Å². The zero-order valence-electron chi connectivity index (χ0n) is 40.2. The fraction of sp³-hybridized carbons (Fsp3) is 0.455. The van der Waals surface area contributed by atoms with Crippen molar-refractivity contribution >= 4 is 63.5 Å². The second-order valence-corrected chi connectivity index (χ2v) is 21.7. The summed E-state index contributed by atoms with van der Waals surface area (Å²) >= 11 is 12.1. The summed E-state index contributed by atoms with van der Waals surface area (Å²) in [7, 11) is -0.724. The molecule has 4 aliphatic carbocycles. The van der Waals surface area contributed by atoms with Crippen LogP contribution >= 0.6 is 23.2 Å². The number of carboxylic acids is 1. The number of hydrogen-bond donors (Lipinski definition) is 3. The van der Waals surface area contributed by atoms with Gasteiger partial charge in [0.15, 0.2) is 11.6 Å². The number of primary sulfonamides is 1. The number of halogens is 2. The van der Waals surface area contributed by atoms with E-state index in [1.165, 1.54) is 101 Å². The number of carboxylic acid groups (broad SMARTS) is 1. The first kappa shape index (κ1) is 54.0. The van der Waals surface area contributed by atoms with Crippen molar-refractivity contribution < 1.29 is 72.1 Å². The number of hydrogen-bond acceptors (Lipinski definition) is 14. The van der Waals surface area contributed by atoms with Gasteiger partial charge in [-0.15, -0.1) is 10.2 Å². The number of carbonyl (C=O) groups excluding carboxylic acids is 1. The molecule has 4 N–H and O–H groups in total. The fourth-order valence-electron chi connectivity index (χ4n) is 10.1. The molecule has 4 saturated carbocycles.